The van der Waals surface area contributed by atoms with Crippen LogP contribution in [0.4, 0.5) is 0 Å². The smallest absolute Gasteiger partial charge is 0.134 e. The summed E-state index contributed by atoms with van der Waals surface area (Å²) in [5, 5.41) is 4.85. The van der Waals surface area contributed by atoms with Crippen molar-refractivity contribution in [3.05, 3.63) is 34.6 Å². The first kappa shape index (κ1) is 14.6. The molecular formula is C19H27NO. The van der Waals surface area contributed by atoms with Gasteiger partial charge in [0.25, 0.3) is 0 Å². The number of hydrogen-bond acceptors (Lipinski definition) is 2. The molecule has 114 valence electrons. The molecule has 0 spiro atoms. The van der Waals surface area contributed by atoms with E-state index in [9.17, 15) is 0 Å². The van der Waals surface area contributed by atoms with Crippen LogP contribution in [0.15, 0.2) is 16.5 Å². The quantitative estimate of drug-likeness (QED) is 0.867. The summed E-state index contributed by atoms with van der Waals surface area (Å²) in [6.45, 7) is 9.76. The van der Waals surface area contributed by atoms with E-state index in [0.29, 0.717) is 12.0 Å². The second-order valence-corrected chi connectivity index (χ2v) is 7.11. The highest BCUT2D eigenvalue weighted by Crippen LogP contribution is 2.33. The van der Waals surface area contributed by atoms with E-state index < -0.39 is 0 Å². The fourth-order valence-corrected chi connectivity index (χ4v) is 3.34. The fourth-order valence-electron chi connectivity index (χ4n) is 3.34. The molecule has 0 amide bonds. The molecule has 0 aliphatic heterocycles. The molecule has 0 unspecified atom stereocenters. The summed E-state index contributed by atoms with van der Waals surface area (Å²) in [6.07, 6.45) is 4.84. The van der Waals surface area contributed by atoms with E-state index >= 15 is 0 Å². The van der Waals surface area contributed by atoms with Gasteiger partial charge in [0.15, 0.2) is 0 Å². The molecule has 2 heteroatoms. The minimum absolute atomic E-state index is 0.482. The van der Waals surface area contributed by atoms with Gasteiger partial charge in [-0.1, -0.05) is 27.7 Å². The van der Waals surface area contributed by atoms with Crippen molar-refractivity contribution in [3.8, 4) is 0 Å². The summed E-state index contributed by atoms with van der Waals surface area (Å²) >= 11 is 0. The van der Waals surface area contributed by atoms with E-state index in [0.717, 1.165) is 24.3 Å². The lowest BCUT2D eigenvalue weighted by Crippen LogP contribution is -2.22. The first-order valence-electron chi connectivity index (χ1n) is 8.34. The number of nitrogens with one attached hydrogen (secondary N) is 1. The molecule has 1 aliphatic rings. The molecule has 0 saturated heterocycles. The van der Waals surface area contributed by atoms with Gasteiger partial charge in [-0.3, -0.25) is 0 Å². The summed E-state index contributed by atoms with van der Waals surface area (Å²) in [5.41, 5.74) is 5.54. The SMILES string of the molecule is CC(C)Cc1c(CNC(C)C)oc2cc3c(cc12)CCC3. The molecule has 0 bridgehead atoms. The molecule has 0 fully saturated rings. The van der Waals surface area contributed by atoms with Crippen molar-refractivity contribution >= 4 is 11.0 Å². The third-order valence-corrected chi connectivity index (χ3v) is 4.37. The van der Waals surface area contributed by atoms with E-state index in [4.69, 9.17) is 4.42 Å². The molecule has 2 nitrogen and oxygen atoms in total. The van der Waals surface area contributed by atoms with Gasteiger partial charge in [-0.25, -0.2) is 0 Å². The summed E-state index contributed by atoms with van der Waals surface area (Å²) in [5.74, 6) is 1.79. The fraction of sp³-hybridized carbons (Fsp3) is 0.579. The van der Waals surface area contributed by atoms with Crippen LogP contribution in [0.25, 0.3) is 11.0 Å². The highest BCUT2D eigenvalue weighted by molar-refractivity contribution is 5.84. The zero-order valence-corrected chi connectivity index (χ0v) is 13.8. The van der Waals surface area contributed by atoms with Crippen LogP contribution in [0, 0.1) is 5.92 Å². The van der Waals surface area contributed by atoms with Crippen molar-refractivity contribution in [2.75, 3.05) is 0 Å². The minimum atomic E-state index is 0.482. The van der Waals surface area contributed by atoms with Gasteiger partial charge in [-0.15, -0.1) is 0 Å². The van der Waals surface area contributed by atoms with Crippen LogP contribution >= 0.6 is 0 Å². The summed E-state index contributed by atoms with van der Waals surface area (Å²) in [7, 11) is 0. The Balaban J connectivity index is 2.04. The van der Waals surface area contributed by atoms with Crippen molar-refractivity contribution in [1.82, 2.24) is 5.32 Å². The number of fused-ring (bicyclic) bond motifs is 2. The highest BCUT2D eigenvalue weighted by Gasteiger charge is 2.19. The molecule has 2 aromatic rings. The standard InChI is InChI=1S/C19H27NO/c1-12(2)8-16-17-9-14-6-5-7-15(14)10-18(17)21-19(16)11-20-13(3)4/h9-10,12-13,20H,5-8,11H2,1-4H3. The van der Waals surface area contributed by atoms with Crippen LogP contribution < -0.4 is 5.32 Å². The second-order valence-electron chi connectivity index (χ2n) is 7.11. The maximum Gasteiger partial charge on any atom is 0.134 e. The normalized spacial score (nSPS) is 14.6. The Labute approximate surface area is 127 Å². The van der Waals surface area contributed by atoms with Crippen LogP contribution in [-0.4, -0.2) is 6.04 Å². The predicted octanol–water partition coefficient (Wildman–Crippen LogP) is 4.62. The van der Waals surface area contributed by atoms with Crippen molar-refractivity contribution in [3.63, 3.8) is 0 Å². The van der Waals surface area contributed by atoms with Crippen molar-refractivity contribution in [2.24, 2.45) is 5.92 Å². The van der Waals surface area contributed by atoms with E-state index in [2.05, 4.69) is 45.1 Å². The lowest BCUT2D eigenvalue weighted by Gasteiger charge is -2.09. The number of benzene rings is 1. The van der Waals surface area contributed by atoms with Gasteiger partial charge in [0, 0.05) is 17.0 Å². The Bertz CT molecular complexity index is 637. The molecule has 1 aromatic carbocycles. The van der Waals surface area contributed by atoms with Gasteiger partial charge in [-0.2, -0.15) is 0 Å². The third-order valence-electron chi connectivity index (χ3n) is 4.37. The number of aryl methyl sites for hydroxylation is 2. The largest absolute Gasteiger partial charge is 0.459 e. The number of rotatable bonds is 5. The Hall–Kier alpha value is -1.28. The van der Waals surface area contributed by atoms with Crippen LogP contribution in [0.2, 0.25) is 0 Å². The highest BCUT2D eigenvalue weighted by atomic mass is 16.3. The zero-order chi connectivity index (χ0) is 15.0. The lowest BCUT2D eigenvalue weighted by atomic mass is 9.97. The van der Waals surface area contributed by atoms with E-state index in [1.807, 2.05) is 0 Å². The van der Waals surface area contributed by atoms with Crippen molar-refractivity contribution < 1.29 is 4.42 Å². The maximum absolute atomic E-state index is 6.21. The Kier molecular flexibility index (Phi) is 4.08. The number of furan rings is 1. The topological polar surface area (TPSA) is 25.2 Å². The molecule has 0 atom stereocenters. The first-order valence-corrected chi connectivity index (χ1v) is 8.34. The van der Waals surface area contributed by atoms with Gasteiger partial charge in [-0.05, 0) is 54.9 Å². The average molecular weight is 285 g/mol. The molecule has 0 radical (unpaired) electrons. The van der Waals surface area contributed by atoms with E-state index in [1.54, 1.807) is 0 Å². The molecule has 21 heavy (non-hydrogen) atoms. The van der Waals surface area contributed by atoms with Crippen molar-refractivity contribution in [2.45, 2.75) is 66.0 Å². The summed E-state index contributed by atoms with van der Waals surface area (Å²) < 4.78 is 6.21. The Morgan fingerprint density at radius 2 is 1.81 bits per heavy atom. The van der Waals surface area contributed by atoms with Gasteiger partial charge < -0.3 is 9.73 Å². The van der Waals surface area contributed by atoms with Gasteiger partial charge in [0.05, 0.1) is 6.54 Å². The van der Waals surface area contributed by atoms with Crippen LogP contribution in [0.5, 0.6) is 0 Å². The zero-order valence-electron chi connectivity index (χ0n) is 13.8. The molecular weight excluding hydrogens is 258 g/mol. The Morgan fingerprint density at radius 3 is 2.48 bits per heavy atom. The predicted molar refractivity (Wildman–Crippen MR) is 88.8 cm³/mol. The molecule has 1 N–H and O–H groups in total. The summed E-state index contributed by atoms with van der Waals surface area (Å²) in [4.78, 5) is 0. The van der Waals surface area contributed by atoms with E-state index in [-0.39, 0.29) is 0 Å². The molecule has 0 saturated carbocycles. The monoisotopic (exact) mass is 285 g/mol. The van der Waals surface area contributed by atoms with Crippen LogP contribution in [-0.2, 0) is 25.8 Å². The average Bonchev–Trinajstić information content (AvgIpc) is 2.98. The minimum Gasteiger partial charge on any atom is -0.459 e. The third kappa shape index (κ3) is 3.01. The van der Waals surface area contributed by atoms with E-state index in [1.165, 1.54) is 41.3 Å². The van der Waals surface area contributed by atoms with Gasteiger partial charge in [0.1, 0.15) is 11.3 Å². The lowest BCUT2D eigenvalue weighted by molar-refractivity contribution is 0.478. The molecule has 3 rings (SSSR count). The van der Waals surface area contributed by atoms with Crippen LogP contribution in [0.1, 0.15) is 56.6 Å². The van der Waals surface area contributed by atoms with Crippen molar-refractivity contribution in [1.29, 1.82) is 0 Å². The Morgan fingerprint density at radius 1 is 1.10 bits per heavy atom. The first-order chi connectivity index (χ1) is 10.0. The molecule has 1 heterocycles. The maximum atomic E-state index is 6.21. The van der Waals surface area contributed by atoms with Crippen LogP contribution in [0.3, 0.4) is 0 Å². The molecule has 1 aromatic heterocycles. The second kappa shape index (κ2) is 5.84. The molecule has 1 aliphatic carbocycles. The summed E-state index contributed by atoms with van der Waals surface area (Å²) in [6, 6.07) is 5.17. The van der Waals surface area contributed by atoms with Gasteiger partial charge in [0.2, 0.25) is 0 Å². The van der Waals surface area contributed by atoms with Gasteiger partial charge >= 0.3 is 0 Å². The number of hydrogen-bond donors (Lipinski definition) is 1.